The highest BCUT2D eigenvalue weighted by atomic mass is 16.1. The molecule has 0 fully saturated rings. The highest BCUT2D eigenvalue weighted by Gasteiger charge is 2.14. The van der Waals surface area contributed by atoms with Crippen molar-refractivity contribution in [2.75, 3.05) is 5.32 Å². The van der Waals surface area contributed by atoms with Crippen molar-refractivity contribution in [2.24, 2.45) is 0 Å². The standard InChI is InChI=1S/C16H16N4O/c1-11(2)14-10-13(19-15-8-9-17-20(14)15)16(21)18-12-6-4-3-5-7-12/h3-11H,1-2H3,(H,18,21). The fraction of sp³-hybridized carbons (Fsp3) is 0.188. The number of carbonyl (C=O) groups excluding carboxylic acids is 1. The van der Waals surface area contributed by atoms with Gasteiger partial charge in [-0.05, 0) is 24.1 Å². The summed E-state index contributed by atoms with van der Waals surface area (Å²) in [4.78, 5) is 16.7. The van der Waals surface area contributed by atoms with E-state index in [4.69, 9.17) is 0 Å². The van der Waals surface area contributed by atoms with E-state index in [1.54, 1.807) is 22.8 Å². The summed E-state index contributed by atoms with van der Waals surface area (Å²) < 4.78 is 1.77. The number of aromatic nitrogens is 3. The summed E-state index contributed by atoms with van der Waals surface area (Å²) in [6, 6.07) is 12.9. The lowest BCUT2D eigenvalue weighted by Crippen LogP contribution is -2.16. The zero-order valence-corrected chi connectivity index (χ0v) is 11.9. The van der Waals surface area contributed by atoms with Crippen LogP contribution < -0.4 is 5.32 Å². The van der Waals surface area contributed by atoms with Gasteiger partial charge in [0.05, 0.1) is 6.20 Å². The van der Waals surface area contributed by atoms with Crippen molar-refractivity contribution in [3.8, 4) is 0 Å². The summed E-state index contributed by atoms with van der Waals surface area (Å²) in [6.07, 6.45) is 1.69. The van der Waals surface area contributed by atoms with Gasteiger partial charge in [-0.25, -0.2) is 9.50 Å². The van der Waals surface area contributed by atoms with E-state index in [2.05, 4.69) is 29.2 Å². The Bertz CT molecular complexity index is 777. The van der Waals surface area contributed by atoms with Crippen LogP contribution in [0.5, 0.6) is 0 Å². The monoisotopic (exact) mass is 280 g/mol. The maximum absolute atomic E-state index is 12.4. The Hall–Kier alpha value is -2.69. The molecule has 2 aromatic heterocycles. The van der Waals surface area contributed by atoms with Crippen molar-refractivity contribution < 1.29 is 4.79 Å². The molecule has 0 saturated heterocycles. The van der Waals surface area contributed by atoms with Gasteiger partial charge in [-0.15, -0.1) is 0 Å². The van der Waals surface area contributed by atoms with Crippen LogP contribution >= 0.6 is 0 Å². The van der Waals surface area contributed by atoms with Crippen molar-refractivity contribution in [1.29, 1.82) is 0 Å². The Labute approximate surface area is 122 Å². The molecule has 3 rings (SSSR count). The maximum atomic E-state index is 12.4. The molecule has 3 aromatic rings. The molecule has 1 N–H and O–H groups in total. The number of nitrogens with one attached hydrogen (secondary N) is 1. The summed E-state index contributed by atoms with van der Waals surface area (Å²) in [5.41, 5.74) is 2.79. The summed E-state index contributed by atoms with van der Waals surface area (Å²) in [7, 11) is 0. The molecule has 1 amide bonds. The van der Waals surface area contributed by atoms with Crippen molar-refractivity contribution in [2.45, 2.75) is 19.8 Å². The second-order valence-electron chi connectivity index (χ2n) is 5.14. The van der Waals surface area contributed by atoms with E-state index in [9.17, 15) is 4.79 Å². The third-order valence-electron chi connectivity index (χ3n) is 3.24. The number of rotatable bonds is 3. The quantitative estimate of drug-likeness (QED) is 0.802. The molecule has 0 atom stereocenters. The molecule has 2 heterocycles. The number of hydrogen-bond donors (Lipinski definition) is 1. The van der Waals surface area contributed by atoms with E-state index >= 15 is 0 Å². The number of fused-ring (bicyclic) bond motifs is 1. The predicted molar refractivity (Wildman–Crippen MR) is 81.5 cm³/mol. The Morgan fingerprint density at radius 1 is 1.19 bits per heavy atom. The number of para-hydroxylation sites is 1. The Balaban J connectivity index is 1.98. The molecule has 5 nitrogen and oxygen atoms in total. The molecule has 0 bridgehead atoms. The van der Waals surface area contributed by atoms with Gasteiger partial charge in [-0.1, -0.05) is 32.0 Å². The summed E-state index contributed by atoms with van der Waals surface area (Å²) in [5, 5.41) is 7.10. The average Bonchev–Trinajstić information content (AvgIpc) is 2.95. The van der Waals surface area contributed by atoms with Crippen LogP contribution in [0.2, 0.25) is 0 Å². The lowest BCUT2D eigenvalue weighted by atomic mass is 10.1. The maximum Gasteiger partial charge on any atom is 0.274 e. The van der Waals surface area contributed by atoms with Crippen molar-refractivity contribution >= 4 is 17.2 Å². The van der Waals surface area contributed by atoms with Gasteiger partial charge in [0.2, 0.25) is 0 Å². The molecule has 0 radical (unpaired) electrons. The zero-order valence-electron chi connectivity index (χ0n) is 11.9. The molecule has 1 aromatic carbocycles. The van der Waals surface area contributed by atoms with Crippen LogP contribution in [0.1, 0.15) is 35.9 Å². The number of benzene rings is 1. The average molecular weight is 280 g/mol. The minimum Gasteiger partial charge on any atom is -0.321 e. The zero-order chi connectivity index (χ0) is 14.8. The van der Waals surface area contributed by atoms with Gasteiger partial charge >= 0.3 is 0 Å². The molecule has 0 aliphatic carbocycles. The molecular formula is C16H16N4O. The van der Waals surface area contributed by atoms with E-state index in [0.717, 1.165) is 11.4 Å². The van der Waals surface area contributed by atoms with Crippen LogP contribution in [0.25, 0.3) is 5.65 Å². The first-order valence-corrected chi connectivity index (χ1v) is 6.86. The molecule has 0 aliphatic rings. The predicted octanol–water partition coefficient (Wildman–Crippen LogP) is 3.11. The largest absolute Gasteiger partial charge is 0.321 e. The van der Waals surface area contributed by atoms with Crippen LogP contribution in [0.4, 0.5) is 5.69 Å². The third-order valence-corrected chi connectivity index (χ3v) is 3.24. The van der Waals surface area contributed by atoms with E-state index in [1.807, 2.05) is 30.3 Å². The lowest BCUT2D eigenvalue weighted by Gasteiger charge is -2.11. The highest BCUT2D eigenvalue weighted by Crippen LogP contribution is 2.17. The van der Waals surface area contributed by atoms with Gasteiger partial charge < -0.3 is 5.32 Å². The molecule has 0 spiro atoms. The molecule has 0 aliphatic heterocycles. The minimum absolute atomic E-state index is 0.216. The number of anilines is 1. The molecule has 5 heteroatoms. The van der Waals surface area contributed by atoms with Gasteiger partial charge in [-0.3, -0.25) is 4.79 Å². The smallest absolute Gasteiger partial charge is 0.274 e. The molecule has 106 valence electrons. The summed E-state index contributed by atoms with van der Waals surface area (Å²) >= 11 is 0. The fourth-order valence-corrected chi connectivity index (χ4v) is 2.18. The molecule has 0 saturated carbocycles. The highest BCUT2D eigenvalue weighted by molar-refractivity contribution is 6.03. The Kier molecular flexibility index (Phi) is 3.39. The van der Waals surface area contributed by atoms with Gasteiger partial charge in [0.1, 0.15) is 5.69 Å². The minimum atomic E-state index is -0.216. The number of hydrogen-bond acceptors (Lipinski definition) is 3. The van der Waals surface area contributed by atoms with Crippen LogP contribution in [0.15, 0.2) is 48.7 Å². The van der Waals surface area contributed by atoms with Crippen LogP contribution in [0.3, 0.4) is 0 Å². The normalized spacial score (nSPS) is 11.0. The SMILES string of the molecule is CC(C)c1cc(C(=O)Nc2ccccc2)nc2ccnn12. The van der Waals surface area contributed by atoms with Crippen LogP contribution in [0, 0.1) is 0 Å². The first kappa shape index (κ1) is 13.3. The Morgan fingerprint density at radius 3 is 2.67 bits per heavy atom. The van der Waals surface area contributed by atoms with Gasteiger partial charge in [0.15, 0.2) is 5.65 Å². The van der Waals surface area contributed by atoms with Crippen molar-refractivity contribution in [1.82, 2.24) is 14.6 Å². The van der Waals surface area contributed by atoms with Gasteiger partial charge in [0, 0.05) is 17.4 Å². The van der Waals surface area contributed by atoms with Gasteiger partial charge in [-0.2, -0.15) is 5.10 Å². The Morgan fingerprint density at radius 2 is 1.95 bits per heavy atom. The van der Waals surface area contributed by atoms with Gasteiger partial charge in [0.25, 0.3) is 5.91 Å². The molecule has 21 heavy (non-hydrogen) atoms. The fourth-order valence-electron chi connectivity index (χ4n) is 2.18. The van der Waals surface area contributed by atoms with Crippen LogP contribution in [-0.2, 0) is 0 Å². The first-order valence-electron chi connectivity index (χ1n) is 6.86. The third kappa shape index (κ3) is 2.63. The van der Waals surface area contributed by atoms with E-state index in [1.165, 1.54) is 0 Å². The number of carbonyl (C=O) groups is 1. The second kappa shape index (κ2) is 5.36. The molecular weight excluding hydrogens is 264 g/mol. The first-order chi connectivity index (χ1) is 10.1. The van der Waals surface area contributed by atoms with E-state index < -0.39 is 0 Å². The molecule has 0 unspecified atom stereocenters. The van der Waals surface area contributed by atoms with Crippen LogP contribution in [-0.4, -0.2) is 20.5 Å². The second-order valence-corrected chi connectivity index (χ2v) is 5.14. The number of nitrogens with zero attached hydrogens (tertiary/aromatic N) is 3. The van der Waals surface area contributed by atoms with E-state index in [-0.39, 0.29) is 11.8 Å². The summed E-state index contributed by atoms with van der Waals surface area (Å²) in [6.45, 7) is 4.13. The number of amides is 1. The van der Waals surface area contributed by atoms with Crippen molar-refractivity contribution in [3.63, 3.8) is 0 Å². The lowest BCUT2D eigenvalue weighted by molar-refractivity contribution is 0.102. The van der Waals surface area contributed by atoms with Crippen molar-refractivity contribution in [3.05, 3.63) is 60.0 Å². The summed E-state index contributed by atoms with van der Waals surface area (Å²) in [5.74, 6) is 0.0328. The van der Waals surface area contributed by atoms with E-state index in [0.29, 0.717) is 11.3 Å². The topological polar surface area (TPSA) is 59.3 Å².